The third kappa shape index (κ3) is 4.39. The monoisotopic (exact) mass is 357 g/mol. The summed E-state index contributed by atoms with van der Waals surface area (Å²) in [5.74, 6) is 1.86. The lowest BCUT2D eigenvalue weighted by molar-refractivity contribution is 0.290. The van der Waals surface area contributed by atoms with Crippen LogP contribution in [-0.4, -0.2) is 14.8 Å². The Morgan fingerprint density at radius 2 is 1.80 bits per heavy atom. The molecule has 0 amide bonds. The largest absolute Gasteiger partial charge is 0.486 e. The van der Waals surface area contributed by atoms with Crippen molar-refractivity contribution >= 4 is 11.8 Å². The van der Waals surface area contributed by atoms with Gasteiger partial charge in [0.1, 0.15) is 18.2 Å². The van der Waals surface area contributed by atoms with Gasteiger partial charge in [-0.2, -0.15) is 0 Å². The van der Waals surface area contributed by atoms with Gasteiger partial charge >= 0.3 is 0 Å². The van der Waals surface area contributed by atoms with Crippen molar-refractivity contribution in [2.75, 3.05) is 0 Å². The fraction of sp³-hybridized carbons (Fsp3) is 0.263. The van der Waals surface area contributed by atoms with Crippen LogP contribution in [0.3, 0.4) is 0 Å². The molecule has 3 rings (SSSR count). The van der Waals surface area contributed by atoms with Crippen LogP contribution in [0, 0.1) is 19.7 Å². The van der Waals surface area contributed by atoms with E-state index in [2.05, 4.69) is 16.3 Å². The number of halogens is 1. The Hall–Kier alpha value is -2.34. The standard InChI is InChI=1S/C19H20FN3OS/c1-13-8-14(2)10-16(9-13)24-11-18-21-22-19(23(18)3)25-12-15-6-4-5-7-17(15)20/h4-10H,11-12H2,1-3H3. The van der Waals surface area contributed by atoms with Crippen LogP contribution in [-0.2, 0) is 19.4 Å². The lowest BCUT2D eigenvalue weighted by atomic mass is 10.1. The quantitative estimate of drug-likeness (QED) is 0.612. The van der Waals surface area contributed by atoms with Crippen molar-refractivity contribution in [2.45, 2.75) is 31.4 Å². The van der Waals surface area contributed by atoms with Crippen LogP contribution in [0.25, 0.3) is 0 Å². The van der Waals surface area contributed by atoms with Gasteiger partial charge in [-0.3, -0.25) is 0 Å². The van der Waals surface area contributed by atoms with Crippen molar-refractivity contribution in [1.29, 1.82) is 0 Å². The second-order valence-electron chi connectivity index (χ2n) is 5.95. The van der Waals surface area contributed by atoms with Gasteiger partial charge in [-0.1, -0.05) is 36.0 Å². The first-order chi connectivity index (χ1) is 12.0. The van der Waals surface area contributed by atoms with Crippen LogP contribution in [0.1, 0.15) is 22.5 Å². The fourth-order valence-corrected chi connectivity index (χ4v) is 3.43. The number of nitrogens with zero attached hydrogens (tertiary/aromatic N) is 3. The summed E-state index contributed by atoms with van der Waals surface area (Å²) >= 11 is 1.46. The van der Waals surface area contributed by atoms with E-state index in [9.17, 15) is 4.39 Å². The number of benzene rings is 2. The van der Waals surface area contributed by atoms with E-state index in [4.69, 9.17) is 4.74 Å². The van der Waals surface area contributed by atoms with Crippen molar-refractivity contribution in [1.82, 2.24) is 14.8 Å². The Morgan fingerprint density at radius 1 is 1.08 bits per heavy atom. The highest BCUT2D eigenvalue weighted by atomic mass is 32.2. The summed E-state index contributed by atoms with van der Waals surface area (Å²) in [6.07, 6.45) is 0. The van der Waals surface area contributed by atoms with Crippen molar-refractivity contribution in [2.24, 2.45) is 7.05 Å². The molecule has 0 aliphatic rings. The summed E-state index contributed by atoms with van der Waals surface area (Å²) in [6.45, 7) is 4.42. The minimum absolute atomic E-state index is 0.199. The Balaban J connectivity index is 1.64. The second-order valence-corrected chi connectivity index (χ2v) is 6.89. The van der Waals surface area contributed by atoms with Crippen LogP contribution < -0.4 is 4.74 Å². The van der Waals surface area contributed by atoms with E-state index in [0.29, 0.717) is 17.9 Å². The van der Waals surface area contributed by atoms with E-state index in [1.807, 2.05) is 43.7 Å². The molecule has 4 nitrogen and oxygen atoms in total. The number of thioether (sulfide) groups is 1. The van der Waals surface area contributed by atoms with Crippen molar-refractivity contribution < 1.29 is 9.13 Å². The first kappa shape index (κ1) is 17.5. The molecule has 1 aromatic heterocycles. The third-order valence-electron chi connectivity index (χ3n) is 3.80. The van der Waals surface area contributed by atoms with Crippen LogP contribution in [0.4, 0.5) is 4.39 Å². The maximum atomic E-state index is 13.7. The van der Waals surface area contributed by atoms with Gasteiger partial charge in [0.2, 0.25) is 0 Å². The van der Waals surface area contributed by atoms with Crippen LogP contribution in [0.15, 0.2) is 47.6 Å². The van der Waals surface area contributed by atoms with E-state index in [1.165, 1.54) is 17.8 Å². The summed E-state index contributed by atoms with van der Waals surface area (Å²) < 4.78 is 21.4. The molecule has 0 bridgehead atoms. The predicted molar refractivity (Wildman–Crippen MR) is 97.2 cm³/mol. The summed E-state index contributed by atoms with van der Waals surface area (Å²) in [6, 6.07) is 12.9. The average Bonchev–Trinajstić information content (AvgIpc) is 2.91. The van der Waals surface area contributed by atoms with Crippen molar-refractivity contribution in [3.05, 3.63) is 70.8 Å². The Bertz CT molecular complexity index is 859. The van der Waals surface area contributed by atoms with Gasteiger partial charge in [-0.05, 0) is 48.7 Å². The maximum absolute atomic E-state index is 13.7. The molecule has 0 unspecified atom stereocenters. The van der Waals surface area contributed by atoms with E-state index in [-0.39, 0.29) is 5.82 Å². The van der Waals surface area contributed by atoms with Gasteiger partial charge in [0.15, 0.2) is 11.0 Å². The third-order valence-corrected chi connectivity index (χ3v) is 4.87. The Morgan fingerprint density at radius 3 is 2.52 bits per heavy atom. The van der Waals surface area contributed by atoms with Crippen molar-refractivity contribution in [3.8, 4) is 5.75 Å². The zero-order chi connectivity index (χ0) is 17.8. The van der Waals surface area contributed by atoms with Crippen LogP contribution in [0.5, 0.6) is 5.75 Å². The average molecular weight is 357 g/mol. The molecule has 0 fully saturated rings. The molecule has 0 aliphatic carbocycles. The number of hydrogen-bond acceptors (Lipinski definition) is 4. The highest BCUT2D eigenvalue weighted by Crippen LogP contribution is 2.23. The number of hydrogen-bond donors (Lipinski definition) is 0. The highest BCUT2D eigenvalue weighted by Gasteiger charge is 2.11. The van der Waals surface area contributed by atoms with E-state index < -0.39 is 0 Å². The normalized spacial score (nSPS) is 10.9. The molecular weight excluding hydrogens is 337 g/mol. The first-order valence-corrected chi connectivity index (χ1v) is 8.97. The molecule has 6 heteroatoms. The number of ether oxygens (including phenoxy) is 1. The molecule has 3 aromatic rings. The van der Waals surface area contributed by atoms with Gasteiger partial charge in [0.25, 0.3) is 0 Å². The molecule has 0 atom stereocenters. The molecule has 25 heavy (non-hydrogen) atoms. The topological polar surface area (TPSA) is 39.9 Å². The van der Waals surface area contributed by atoms with E-state index in [0.717, 1.165) is 27.9 Å². The van der Waals surface area contributed by atoms with Crippen LogP contribution >= 0.6 is 11.8 Å². The SMILES string of the molecule is Cc1cc(C)cc(OCc2nnc(SCc3ccccc3F)n2C)c1. The smallest absolute Gasteiger partial charge is 0.191 e. The minimum atomic E-state index is -0.199. The molecule has 2 aromatic carbocycles. The minimum Gasteiger partial charge on any atom is -0.486 e. The molecule has 0 aliphatic heterocycles. The highest BCUT2D eigenvalue weighted by molar-refractivity contribution is 7.98. The number of aromatic nitrogens is 3. The number of aryl methyl sites for hydroxylation is 2. The Kier molecular flexibility index (Phi) is 5.38. The number of rotatable bonds is 6. The van der Waals surface area contributed by atoms with Gasteiger partial charge in [0, 0.05) is 12.8 Å². The lowest BCUT2D eigenvalue weighted by Gasteiger charge is -2.08. The zero-order valence-corrected chi connectivity index (χ0v) is 15.3. The lowest BCUT2D eigenvalue weighted by Crippen LogP contribution is -2.04. The summed E-state index contributed by atoms with van der Waals surface area (Å²) in [5.41, 5.74) is 2.98. The van der Waals surface area contributed by atoms with Crippen LogP contribution in [0.2, 0.25) is 0 Å². The van der Waals surface area contributed by atoms with E-state index >= 15 is 0 Å². The van der Waals surface area contributed by atoms with Gasteiger partial charge in [-0.15, -0.1) is 10.2 Å². The Labute approximate surface area is 151 Å². The second kappa shape index (κ2) is 7.70. The van der Waals surface area contributed by atoms with Gasteiger partial charge < -0.3 is 9.30 Å². The molecule has 130 valence electrons. The van der Waals surface area contributed by atoms with Gasteiger partial charge in [-0.25, -0.2) is 4.39 Å². The zero-order valence-electron chi connectivity index (χ0n) is 14.5. The predicted octanol–water partition coefficient (Wildman–Crippen LogP) is 4.44. The summed E-state index contributed by atoms with van der Waals surface area (Å²) in [5, 5.41) is 9.10. The van der Waals surface area contributed by atoms with Gasteiger partial charge in [0.05, 0.1) is 0 Å². The summed E-state index contributed by atoms with van der Waals surface area (Å²) in [7, 11) is 1.89. The molecule has 1 heterocycles. The van der Waals surface area contributed by atoms with E-state index in [1.54, 1.807) is 12.1 Å². The first-order valence-electron chi connectivity index (χ1n) is 7.98. The molecule has 0 spiro atoms. The summed E-state index contributed by atoms with van der Waals surface area (Å²) in [4.78, 5) is 0. The molecular formula is C19H20FN3OS. The fourth-order valence-electron chi connectivity index (χ4n) is 2.52. The molecule has 0 N–H and O–H groups in total. The molecule has 0 radical (unpaired) electrons. The van der Waals surface area contributed by atoms with Crippen molar-refractivity contribution in [3.63, 3.8) is 0 Å². The molecule has 0 saturated carbocycles. The maximum Gasteiger partial charge on any atom is 0.191 e. The molecule has 0 saturated heterocycles.